The summed E-state index contributed by atoms with van der Waals surface area (Å²) in [5.74, 6) is -0.314. The van der Waals surface area contributed by atoms with Crippen LogP contribution in [0.5, 0.6) is 0 Å². The summed E-state index contributed by atoms with van der Waals surface area (Å²) in [5.41, 5.74) is 2.67. The van der Waals surface area contributed by atoms with Crippen LogP contribution in [0, 0.1) is 0 Å². The fourth-order valence-electron chi connectivity index (χ4n) is 3.84. The predicted octanol–water partition coefficient (Wildman–Crippen LogP) is 6.75. The fourth-order valence-corrected chi connectivity index (χ4v) is 4.39. The maximum atomic E-state index is 13.6. The molecule has 0 aliphatic carbocycles. The van der Waals surface area contributed by atoms with E-state index in [1.54, 1.807) is 17.0 Å². The molecule has 0 bridgehead atoms. The van der Waals surface area contributed by atoms with Crippen LogP contribution in [-0.4, -0.2) is 29.3 Å². The molecule has 0 fully saturated rings. The van der Waals surface area contributed by atoms with Gasteiger partial charge in [-0.05, 0) is 47.7 Å². The van der Waals surface area contributed by atoms with Gasteiger partial charge in [0.05, 0.1) is 10.0 Å². The van der Waals surface area contributed by atoms with Crippen molar-refractivity contribution in [2.24, 2.45) is 0 Å². The lowest BCUT2D eigenvalue weighted by molar-refractivity contribution is -0.141. The van der Waals surface area contributed by atoms with E-state index >= 15 is 0 Å². The van der Waals surface area contributed by atoms with E-state index in [-0.39, 0.29) is 24.8 Å². The molecule has 0 aliphatic heterocycles. The number of carbonyl (C=O) groups excluding carboxylic acids is 2. The van der Waals surface area contributed by atoms with Gasteiger partial charge < -0.3 is 10.2 Å². The van der Waals surface area contributed by atoms with Gasteiger partial charge in [-0.15, -0.1) is 0 Å². The zero-order valence-corrected chi connectivity index (χ0v) is 21.9. The van der Waals surface area contributed by atoms with Crippen molar-refractivity contribution in [2.75, 3.05) is 6.54 Å². The van der Waals surface area contributed by atoms with Crippen molar-refractivity contribution < 1.29 is 9.59 Å². The maximum absolute atomic E-state index is 13.6. The second kappa shape index (κ2) is 13.5. The number of hydrogen-bond donors (Lipinski definition) is 1. The number of hydrogen-bond acceptors (Lipinski definition) is 2. The summed E-state index contributed by atoms with van der Waals surface area (Å²) >= 11 is 18.7. The van der Waals surface area contributed by atoms with Crippen LogP contribution in [0.3, 0.4) is 0 Å². The van der Waals surface area contributed by atoms with Crippen molar-refractivity contribution in [1.29, 1.82) is 0 Å². The van der Waals surface area contributed by atoms with Gasteiger partial charge in [-0.25, -0.2) is 0 Å². The molecule has 35 heavy (non-hydrogen) atoms. The molecular weight excluding hydrogens is 503 g/mol. The van der Waals surface area contributed by atoms with Crippen molar-refractivity contribution in [2.45, 2.75) is 45.2 Å². The molecule has 0 unspecified atom stereocenters. The van der Waals surface area contributed by atoms with Crippen molar-refractivity contribution in [1.82, 2.24) is 10.2 Å². The van der Waals surface area contributed by atoms with E-state index in [1.165, 1.54) is 0 Å². The molecule has 1 N–H and O–H groups in total. The Kier molecular flexibility index (Phi) is 10.5. The average molecular weight is 532 g/mol. The molecule has 7 heteroatoms. The Bertz CT molecular complexity index is 1140. The number of nitrogens with one attached hydrogen (secondary N) is 1. The van der Waals surface area contributed by atoms with Gasteiger partial charge in [0, 0.05) is 31.0 Å². The Morgan fingerprint density at radius 2 is 1.57 bits per heavy atom. The minimum Gasteiger partial charge on any atom is -0.354 e. The van der Waals surface area contributed by atoms with Crippen molar-refractivity contribution in [3.05, 3.63) is 105 Å². The second-order valence-corrected chi connectivity index (χ2v) is 9.58. The molecule has 2 amide bonds. The fraction of sp³-hybridized carbons (Fsp3) is 0.286. The van der Waals surface area contributed by atoms with Gasteiger partial charge in [0.1, 0.15) is 6.04 Å². The summed E-state index contributed by atoms with van der Waals surface area (Å²) in [6.45, 7) is 2.77. The van der Waals surface area contributed by atoms with Crippen LogP contribution in [0.2, 0.25) is 15.1 Å². The Morgan fingerprint density at radius 3 is 2.26 bits per heavy atom. The summed E-state index contributed by atoms with van der Waals surface area (Å²) in [7, 11) is 0. The van der Waals surface area contributed by atoms with E-state index in [0.29, 0.717) is 34.5 Å². The zero-order valence-electron chi connectivity index (χ0n) is 19.6. The topological polar surface area (TPSA) is 49.4 Å². The first-order chi connectivity index (χ1) is 16.9. The Labute approximate surface area is 222 Å². The minimum atomic E-state index is -0.683. The lowest BCUT2D eigenvalue weighted by Crippen LogP contribution is -2.50. The van der Waals surface area contributed by atoms with Gasteiger partial charge in [0.2, 0.25) is 11.8 Å². The third-order valence-electron chi connectivity index (χ3n) is 5.72. The molecule has 0 spiro atoms. The number of benzene rings is 3. The summed E-state index contributed by atoms with van der Waals surface area (Å²) in [4.78, 5) is 28.6. The molecule has 0 saturated carbocycles. The third kappa shape index (κ3) is 7.99. The molecule has 1 atom stereocenters. The highest BCUT2D eigenvalue weighted by Gasteiger charge is 2.30. The zero-order chi connectivity index (χ0) is 25.2. The van der Waals surface area contributed by atoms with Gasteiger partial charge in [0.15, 0.2) is 0 Å². The van der Waals surface area contributed by atoms with E-state index in [0.717, 1.165) is 23.1 Å². The van der Waals surface area contributed by atoms with E-state index in [4.69, 9.17) is 34.8 Å². The summed E-state index contributed by atoms with van der Waals surface area (Å²) in [5, 5.41) is 4.44. The Morgan fingerprint density at radius 1 is 0.857 bits per heavy atom. The molecule has 0 radical (unpaired) electrons. The maximum Gasteiger partial charge on any atom is 0.243 e. The van der Waals surface area contributed by atoms with Crippen LogP contribution < -0.4 is 5.32 Å². The van der Waals surface area contributed by atoms with Gasteiger partial charge in [-0.3, -0.25) is 9.59 Å². The highest BCUT2D eigenvalue weighted by atomic mass is 35.5. The monoisotopic (exact) mass is 530 g/mol. The first kappa shape index (κ1) is 27.1. The van der Waals surface area contributed by atoms with Gasteiger partial charge >= 0.3 is 0 Å². The van der Waals surface area contributed by atoms with Crippen LogP contribution in [-0.2, 0) is 29.0 Å². The molecule has 184 valence electrons. The number of carbonyl (C=O) groups is 2. The molecule has 0 saturated heterocycles. The number of amides is 2. The normalized spacial score (nSPS) is 11.7. The van der Waals surface area contributed by atoms with Crippen LogP contribution in [0.25, 0.3) is 0 Å². The highest BCUT2D eigenvalue weighted by molar-refractivity contribution is 6.42. The standard InChI is InChI=1S/C28H29Cl3N2O2/c1-2-16-32-28(35)26(18-20-8-4-3-5-9-20)33(19-21-12-14-24(30)25(31)17-21)27(34)15-13-22-10-6-7-11-23(22)29/h3-12,14,17,26H,2,13,15-16,18-19H2,1H3,(H,32,35)/t26-/m0/s1. The quantitative estimate of drug-likeness (QED) is 0.298. The molecule has 4 nitrogen and oxygen atoms in total. The number of rotatable bonds is 11. The molecule has 3 aromatic rings. The van der Waals surface area contributed by atoms with Crippen LogP contribution in [0.15, 0.2) is 72.8 Å². The van der Waals surface area contributed by atoms with Crippen LogP contribution in [0.4, 0.5) is 0 Å². The lowest BCUT2D eigenvalue weighted by atomic mass is 10.0. The molecule has 0 aromatic heterocycles. The van der Waals surface area contributed by atoms with Crippen LogP contribution in [0.1, 0.15) is 36.5 Å². The molecule has 3 rings (SSSR count). The Balaban J connectivity index is 1.92. The molecule has 0 aliphatic rings. The van der Waals surface area contributed by atoms with Gasteiger partial charge in [0.25, 0.3) is 0 Å². The second-order valence-electron chi connectivity index (χ2n) is 8.36. The summed E-state index contributed by atoms with van der Waals surface area (Å²) in [6.07, 6.45) is 1.90. The smallest absolute Gasteiger partial charge is 0.243 e. The van der Waals surface area contributed by atoms with Gasteiger partial charge in [-0.2, -0.15) is 0 Å². The van der Waals surface area contributed by atoms with Crippen LogP contribution >= 0.6 is 34.8 Å². The van der Waals surface area contributed by atoms with Crippen molar-refractivity contribution >= 4 is 46.6 Å². The van der Waals surface area contributed by atoms with E-state index in [2.05, 4.69) is 5.32 Å². The highest BCUT2D eigenvalue weighted by Crippen LogP contribution is 2.25. The summed E-state index contributed by atoms with van der Waals surface area (Å²) < 4.78 is 0. The van der Waals surface area contributed by atoms with E-state index in [1.807, 2.05) is 67.6 Å². The van der Waals surface area contributed by atoms with Gasteiger partial charge in [-0.1, -0.05) is 96.3 Å². The van der Waals surface area contributed by atoms with Crippen molar-refractivity contribution in [3.8, 4) is 0 Å². The number of nitrogens with zero attached hydrogens (tertiary/aromatic N) is 1. The first-order valence-corrected chi connectivity index (χ1v) is 12.8. The van der Waals surface area contributed by atoms with E-state index < -0.39 is 6.04 Å². The minimum absolute atomic E-state index is 0.136. The predicted molar refractivity (Wildman–Crippen MR) is 144 cm³/mol. The first-order valence-electron chi connectivity index (χ1n) is 11.7. The Hall–Kier alpha value is -2.53. The average Bonchev–Trinajstić information content (AvgIpc) is 2.86. The third-order valence-corrected chi connectivity index (χ3v) is 6.83. The lowest BCUT2D eigenvalue weighted by Gasteiger charge is -2.32. The largest absolute Gasteiger partial charge is 0.354 e. The van der Waals surface area contributed by atoms with Crippen molar-refractivity contribution in [3.63, 3.8) is 0 Å². The SMILES string of the molecule is CCCNC(=O)[C@H](Cc1ccccc1)N(Cc1ccc(Cl)c(Cl)c1)C(=O)CCc1ccccc1Cl. The summed E-state index contributed by atoms with van der Waals surface area (Å²) in [6, 6.07) is 21.8. The van der Waals surface area contributed by atoms with E-state index in [9.17, 15) is 9.59 Å². The number of halogens is 3. The molecular formula is C28H29Cl3N2O2. The molecule has 0 heterocycles. The number of aryl methyl sites for hydroxylation is 1. The molecule has 3 aromatic carbocycles.